The van der Waals surface area contributed by atoms with E-state index in [4.69, 9.17) is 26.4 Å². The largest absolute Gasteiger partial charge is 0.508 e. The van der Waals surface area contributed by atoms with Crippen molar-refractivity contribution in [2.24, 2.45) is 0 Å². The minimum Gasteiger partial charge on any atom is -0.430 e. The minimum atomic E-state index is -1.65. The summed E-state index contributed by atoms with van der Waals surface area (Å²) in [5, 5.41) is 10.7. The average molecular weight is 606 g/mol. The molecule has 0 unspecified atom stereocenters. The maximum absolute atomic E-state index is 13.7. The number of fused-ring (bicyclic) bond motifs is 1. The summed E-state index contributed by atoms with van der Waals surface area (Å²) < 4.78 is 31.2. The van der Waals surface area contributed by atoms with Gasteiger partial charge in [-0.3, -0.25) is 4.57 Å². The molecule has 2 aromatic heterocycles. The number of carbonyl (C=O) groups excluding carboxylic acids is 1. The summed E-state index contributed by atoms with van der Waals surface area (Å²) in [7, 11) is 0. The van der Waals surface area contributed by atoms with E-state index in [2.05, 4.69) is 82.5 Å². The molecule has 3 N–H and O–H groups in total. The van der Waals surface area contributed by atoms with Crippen molar-refractivity contribution in [2.45, 2.75) is 69.8 Å². The van der Waals surface area contributed by atoms with E-state index in [0.717, 1.165) is 32.1 Å². The van der Waals surface area contributed by atoms with Crippen molar-refractivity contribution in [3.05, 3.63) is 85.3 Å². The van der Waals surface area contributed by atoms with Crippen LogP contribution in [-0.4, -0.2) is 55.7 Å². The number of imidazole rings is 1. The lowest BCUT2D eigenvalue weighted by Gasteiger charge is -2.25. The lowest BCUT2D eigenvalue weighted by atomic mass is 9.99. The van der Waals surface area contributed by atoms with Crippen molar-refractivity contribution in [2.75, 3.05) is 18.9 Å². The molecule has 2 aromatic rings. The van der Waals surface area contributed by atoms with Gasteiger partial charge in [0.1, 0.15) is 25.5 Å². The van der Waals surface area contributed by atoms with Gasteiger partial charge in [0.2, 0.25) is 0 Å². The first-order valence-electron chi connectivity index (χ1n) is 14.6. The number of allylic oxidation sites excluding steroid dienone is 11. The number of nitrogens with two attached hydrogens (primary N) is 1. The van der Waals surface area contributed by atoms with E-state index in [-0.39, 0.29) is 30.0 Å². The number of terminal acetylenes is 1. The zero-order chi connectivity index (χ0) is 31.6. The Balaban J connectivity index is 1.31. The van der Waals surface area contributed by atoms with Crippen molar-refractivity contribution in [3.63, 3.8) is 0 Å². The number of ether oxygens (including phenoxy) is 3. The van der Waals surface area contributed by atoms with E-state index in [1.165, 1.54) is 10.9 Å². The minimum absolute atomic E-state index is 0.00630. The molecule has 11 heteroatoms. The van der Waals surface area contributed by atoms with Crippen LogP contribution in [0.25, 0.3) is 11.2 Å². The molecule has 44 heavy (non-hydrogen) atoms. The molecule has 0 bridgehead atoms. The molecule has 0 radical (unpaired) electrons. The van der Waals surface area contributed by atoms with Crippen LogP contribution in [0.1, 0.15) is 58.1 Å². The van der Waals surface area contributed by atoms with E-state index >= 15 is 0 Å². The Hall–Kier alpha value is -4.53. The molecular formula is C33H40FN5O5. The number of hydrogen-bond acceptors (Lipinski definition) is 9. The molecule has 3 rings (SSSR count). The summed E-state index contributed by atoms with van der Waals surface area (Å²) in [6.45, 7) is 1.68. The molecule has 3 atom stereocenters. The number of halogens is 1. The van der Waals surface area contributed by atoms with Crippen LogP contribution in [0.2, 0.25) is 0 Å². The Bertz CT molecular complexity index is 1440. The van der Waals surface area contributed by atoms with Crippen LogP contribution in [0.5, 0.6) is 0 Å². The van der Waals surface area contributed by atoms with Crippen LogP contribution in [0, 0.1) is 18.4 Å². The fourth-order valence-electron chi connectivity index (χ4n) is 4.26. The van der Waals surface area contributed by atoms with Gasteiger partial charge in [0.05, 0.1) is 6.33 Å². The summed E-state index contributed by atoms with van der Waals surface area (Å²) in [6.07, 6.45) is 33.3. The van der Waals surface area contributed by atoms with Crippen molar-refractivity contribution < 1.29 is 28.5 Å². The van der Waals surface area contributed by atoms with E-state index in [0.29, 0.717) is 6.42 Å². The molecule has 3 heterocycles. The Morgan fingerprint density at radius 1 is 1.05 bits per heavy atom. The Kier molecular flexibility index (Phi) is 14.1. The van der Waals surface area contributed by atoms with Gasteiger partial charge in [-0.05, 0) is 38.5 Å². The second kappa shape index (κ2) is 18.2. The summed E-state index contributed by atoms with van der Waals surface area (Å²) in [6, 6.07) is 0. The average Bonchev–Trinajstić information content (AvgIpc) is 3.58. The monoisotopic (exact) mass is 605 g/mol. The molecular weight excluding hydrogens is 565 g/mol. The predicted octanol–water partition coefficient (Wildman–Crippen LogP) is 6.05. The third kappa shape index (κ3) is 10.3. The fraction of sp³-hybridized carbons (Fsp3) is 0.394. The SMILES string of the molecule is C#C[C@]1(COC(=O)OC/C=C\C/C=C\C/C=C\C/C=C\C/C=C\C/C=C\CC)O[C@@H](n2cnc3c(N)nc(F)nc32)C[C@@H]1O. The zero-order valence-corrected chi connectivity index (χ0v) is 24.9. The molecule has 0 spiro atoms. The van der Waals surface area contributed by atoms with Gasteiger partial charge in [-0.2, -0.15) is 14.4 Å². The van der Waals surface area contributed by atoms with E-state index in [1.54, 1.807) is 6.08 Å². The smallest absolute Gasteiger partial charge is 0.430 e. The second-order valence-electron chi connectivity index (χ2n) is 9.82. The van der Waals surface area contributed by atoms with Crippen molar-refractivity contribution >= 4 is 23.1 Å². The first kappa shape index (κ1) is 34.0. The van der Waals surface area contributed by atoms with Gasteiger partial charge in [-0.15, -0.1) is 6.42 Å². The molecule has 1 aliphatic rings. The van der Waals surface area contributed by atoms with Crippen molar-refractivity contribution in [1.29, 1.82) is 0 Å². The molecule has 10 nitrogen and oxygen atoms in total. The van der Waals surface area contributed by atoms with Crippen LogP contribution in [0.4, 0.5) is 15.0 Å². The third-order valence-electron chi connectivity index (χ3n) is 6.58. The van der Waals surface area contributed by atoms with Gasteiger partial charge < -0.3 is 25.1 Å². The Labute approximate surface area is 257 Å². The van der Waals surface area contributed by atoms with Gasteiger partial charge in [0.15, 0.2) is 22.6 Å². The van der Waals surface area contributed by atoms with Gasteiger partial charge in [-0.25, -0.2) is 9.78 Å². The molecule has 0 saturated carbocycles. The number of anilines is 1. The summed E-state index contributed by atoms with van der Waals surface area (Å²) in [5.41, 5.74) is 4.32. The standard InChI is InChI=1S/C33H40FN5O5/c1-3-5-6-7-8-9-10-11-12-13-14-15-16-17-18-19-20-21-22-42-32(41)43-24-33(4-2)26(40)23-27(44-33)39-25-36-28-29(35)37-31(34)38-30(28)39/h2,5-6,8-9,11-12,14-15,17-18,20-21,25-27,40H,3,7,10,13,16,19,22-24H2,1H3,(H2,35,37,38)/b6-5-,9-8-,12-11-,15-14-,18-17-,21-20-/t26-,27+,33+/m0/s1. The van der Waals surface area contributed by atoms with Gasteiger partial charge in [0.25, 0.3) is 0 Å². The van der Waals surface area contributed by atoms with Gasteiger partial charge in [0, 0.05) is 6.42 Å². The summed E-state index contributed by atoms with van der Waals surface area (Å²) in [5.74, 6) is 2.24. The number of carbonyl (C=O) groups is 1. The molecule has 0 amide bonds. The highest BCUT2D eigenvalue weighted by Gasteiger charge is 2.49. The number of rotatable bonds is 16. The molecule has 234 valence electrons. The molecule has 1 fully saturated rings. The first-order chi connectivity index (χ1) is 21.4. The van der Waals surface area contributed by atoms with E-state index in [1.807, 2.05) is 12.2 Å². The summed E-state index contributed by atoms with van der Waals surface area (Å²) in [4.78, 5) is 23.3. The Morgan fingerprint density at radius 3 is 2.18 bits per heavy atom. The maximum Gasteiger partial charge on any atom is 0.508 e. The number of aliphatic hydroxyl groups excluding tert-OH is 1. The van der Waals surface area contributed by atoms with Gasteiger partial charge in [-0.1, -0.05) is 85.8 Å². The van der Waals surface area contributed by atoms with E-state index in [9.17, 15) is 14.3 Å². The van der Waals surface area contributed by atoms with Crippen LogP contribution in [0.3, 0.4) is 0 Å². The van der Waals surface area contributed by atoms with E-state index < -0.39 is 36.8 Å². The van der Waals surface area contributed by atoms with Crippen molar-refractivity contribution in [1.82, 2.24) is 19.5 Å². The third-order valence-corrected chi connectivity index (χ3v) is 6.58. The van der Waals surface area contributed by atoms with Crippen LogP contribution in [-0.2, 0) is 14.2 Å². The highest BCUT2D eigenvalue weighted by atomic mass is 19.1. The molecule has 0 aliphatic carbocycles. The van der Waals surface area contributed by atoms with Crippen LogP contribution >= 0.6 is 0 Å². The first-order valence-corrected chi connectivity index (χ1v) is 14.6. The van der Waals surface area contributed by atoms with Crippen LogP contribution < -0.4 is 5.73 Å². The number of nitrogens with zero attached hydrogens (tertiary/aromatic N) is 4. The number of aliphatic hydroxyl groups is 1. The zero-order valence-electron chi connectivity index (χ0n) is 24.9. The number of hydrogen-bond donors (Lipinski definition) is 2. The molecule has 0 aromatic carbocycles. The lowest BCUT2D eigenvalue weighted by Crippen LogP contribution is -2.43. The highest BCUT2D eigenvalue weighted by Crippen LogP contribution is 2.38. The fourth-order valence-corrected chi connectivity index (χ4v) is 4.26. The second-order valence-corrected chi connectivity index (χ2v) is 9.82. The maximum atomic E-state index is 13.7. The van der Waals surface area contributed by atoms with Crippen LogP contribution in [0.15, 0.2) is 79.2 Å². The molecule has 1 saturated heterocycles. The molecule has 1 aliphatic heterocycles. The number of nitrogen functional groups attached to an aromatic ring is 1. The predicted molar refractivity (Wildman–Crippen MR) is 168 cm³/mol. The van der Waals surface area contributed by atoms with Crippen molar-refractivity contribution in [3.8, 4) is 12.3 Å². The lowest BCUT2D eigenvalue weighted by molar-refractivity contribution is -0.0974. The number of aromatic nitrogens is 4. The Morgan fingerprint density at radius 2 is 1.61 bits per heavy atom. The summed E-state index contributed by atoms with van der Waals surface area (Å²) >= 11 is 0. The normalized spacial score (nSPS) is 20.9. The quantitative estimate of drug-likeness (QED) is 0.101. The highest BCUT2D eigenvalue weighted by molar-refractivity contribution is 5.81. The van der Waals surface area contributed by atoms with Gasteiger partial charge >= 0.3 is 12.2 Å². The topological polar surface area (TPSA) is 135 Å².